The Morgan fingerprint density at radius 3 is 3.00 bits per heavy atom. The Labute approximate surface area is 116 Å². The molecule has 4 heteroatoms. The Balaban J connectivity index is 1.95. The van der Waals surface area contributed by atoms with Crippen molar-refractivity contribution in [2.24, 2.45) is 0 Å². The number of hydrogen-bond acceptors (Lipinski definition) is 3. The van der Waals surface area contributed by atoms with Crippen LogP contribution < -0.4 is 15.4 Å². The molecule has 2 aliphatic heterocycles. The van der Waals surface area contributed by atoms with Gasteiger partial charge in [0.25, 0.3) is 5.91 Å². The van der Waals surface area contributed by atoms with Crippen molar-refractivity contribution >= 4 is 11.6 Å². The van der Waals surface area contributed by atoms with Crippen molar-refractivity contribution in [1.29, 1.82) is 0 Å². The largest absolute Gasteiger partial charge is 0.457 e. The van der Waals surface area contributed by atoms with Crippen LogP contribution in [0.2, 0.25) is 0 Å². The summed E-state index contributed by atoms with van der Waals surface area (Å²) in [7, 11) is 1.90. The average molecular weight is 266 g/mol. The predicted molar refractivity (Wildman–Crippen MR) is 76.7 cm³/mol. The monoisotopic (exact) mass is 266 g/mol. The molecular formula is C16H14N2O2. The quantitative estimate of drug-likeness (QED) is 0.834. The van der Waals surface area contributed by atoms with E-state index >= 15 is 0 Å². The molecule has 1 unspecified atom stereocenters. The van der Waals surface area contributed by atoms with Crippen LogP contribution in [-0.2, 0) is 0 Å². The van der Waals surface area contributed by atoms with Crippen LogP contribution in [0.3, 0.4) is 0 Å². The number of ether oxygens (including phenoxy) is 1. The number of carbonyl (C=O) groups is 1. The van der Waals surface area contributed by atoms with E-state index in [1.807, 2.05) is 37.4 Å². The predicted octanol–water partition coefficient (Wildman–Crippen LogP) is 2.71. The fourth-order valence-electron chi connectivity index (χ4n) is 3.04. The lowest BCUT2D eigenvalue weighted by Gasteiger charge is -2.33. The number of rotatable bonds is 1. The van der Waals surface area contributed by atoms with E-state index in [4.69, 9.17) is 4.74 Å². The van der Waals surface area contributed by atoms with E-state index in [-0.39, 0.29) is 11.8 Å². The van der Waals surface area contributed by atoms with Crippen LogP contribution in [0.1, 0.15) is 27.4 Å². The van der Waals surface area contributed by atoms with Gasteiger partial charge in [-0.1, -0.05) is 6.07 Å². The summed E-state index contributed by atoms with van der Waals surface area (Å²) < 4.78 is 5.96. The maximum absolute atomic E-state index is 12.0. The van der Waals surface area contributed by atoms with Gasteiger partial charge < -0.3 is 15.4 Å². The Morgan fingerprint density at radius 2 is 2.15 bits per heavy atom. The number of amides is 1. The lowest BCUT2D eigenvalue weighted by Crippen LogP contribution is -2.36. The highest BCUT2D eigenvalue weighted by molar-refractivity contribution is 5.98. The fourth-order valence-corrected chi connectivity index (χ4v) is 3.04. The third kappa shape index (κ3) is 1.45. The van der Waals surface area contributed by atoms with Gasteiger partial charge in [0.2, 0.25) is 0 Å². The van der Waals surface area contributed by atoms with Crippen molar-refractivity contribution < 1.29 is 9.53 Å². The van der Waals surface area contributed by atoms with Gasteiger partial charge in [0.05, 0.1) is 0 Å². The second kappa shape index (κ2) is 4.00. The van der Waals surface area contributed by atoms with Crippen LogP contribution in [0, 0.1) is 0 Å². The summed E-state index contributed by atoms with van der Waals surface area (Å²) >= 11 is 0. The highest BCUT2D eigenvalue weighted by atomic mass is 16.5. The lowest BCUT2D eigenvalue weighted by molar-refractivity contribution is 0.0941. The second-order valence-electron chi connectivity index (χ2n) is 5.08. The molecule has 4 rings (SSSR count). The van der Waals surface area contributed by atoms with Gasteiger partial charge >= 0.3 is 0 Å². The van der Waals surface area contributed by atoms with Crippen LogP contribution >= 0.6 is 0 Å². The molecule has 2 aliphatic rings. The molecular weight excluding hydrogens is 252 g/mol. The SMILES string of the molecule is CNc1ccc2c(c1)C1CNC(=O)c3cccc(c31)O2. The summed E-state index contributed by atoms with van der Waals surface area (Å²) in [5, 5.41) is 6.11. The molecule has 4 nitrogen and oxygen atoms in total. The van der Waals surface area contributed by atoms with Crippen molar-refractivity contribution in [2.45, 2.75) is 5.92 Å². The standard InChI is InChI=1S/C16H14N2O2/c1-17-9-5-6-13-11(7-9)12-8-18-16(19)10-3-2-4-14(20-13)15(10)12/h2-7,12,17H,8H2,1H3,(H,18,19). The Kier molecular flexibility index (Phi) is 2.27. The molecule has 0 bridgehead atoms. The van der Waals surface area contributed by atoms with Crippen LogP contribution in [0.4, 0.5) is 5.69 Å². The first-order valence-electron chi connectivity index (χ1n) is 6.68. The first kappa shape index (κ1) is 11.3. The minimum absolute atomic E-state index is 0.0186. The highest BCUT2D eigenvalue weighted by Gasteiger charge is 2.34. The van der Waals surface area contributed by atoms with E-state index < -0.39 is 0 Å². The molecule has 0 spiro atoms. The smallest absolute Gasteiger partial charge is 0.251 e. The second-order valence-corrected chi connectivity index (χ2v) is 5.08. The van der Waals surface area contributed by atoms with Gasteiger partial charge in [0.1, 0.15) is 11.5 Å². The van der Waals surface area contributed by atoms with E-state index in [1.165, 1.54) is 0 Å². The van der Waals surface area contributed by atoms with Crippen LogP contribution in [-0.4, -0.2) is 19.5 Å². The lowest BCUT2D eigenvalue weighted by atomic mass is 9.82. The van der Waals surface area contributed by atoms with Crippen LogP contribution in [0.25, 0.3) is 0 Å². The summed E-state index contributed by atoms with van der Waals surface area (Å²) in [6, 6.07) is 11.7. The maximum Gasteiger partial charge on any atom is 0.251 e. The zero-order valence-electron chi connectivity index (χ0n) is 11.1. The molecule has 2 aromatic rings. The van der Waals surface area contributed by atoms with E-state index in [0.29, 0.717) is 6.54 Å². The summed E-state index contributed by atoms with van der Waals surface area (Å²) in [5.41, 5.74) is 3.90. The van der Waals surface area contributed by atoms with E-state index in [1.54, 1.807) is 0 Å². The molecule has 0 aromatic heterocycles. The zero-order valence-corrected chi connectivity index (χ0v) is 11.1. The summed E-state index contributed by atoms with van der Waals surface area (Å²) in [4.78, 5) is 12.0. The number of benzene rings is 2. The molecule has 0 fully saturated rings. The van der Waals surface area contributed by atoms with Crippen molar-refractivity contribution in [3.63, 3.8) is 0 Å². The minimum atomic E-state index is -0.0186. The first-order valence-corrected chi connectivity index (χ1v) is 6.68. The van der Waals surface area contributed by atoms with Gasteiger partial charge in [-0.15, -0.1) is 0 Å². The van der Waals surface area contributed by atoms with E-state index in [9.17, 15) is 4.79 Å². The molecule has 2 aromatic carbocycles. The van der Waals surface area contributed by atoms with E-state index in [0.717, 1.165) is 33.9 Å². The molecule has 2 N–H and O–H groups in total. The van der Waals surface area contributed by atoms with Crippen molar-refractivity contribution in [1.82, 2.24) is 5.32 Å². The Bertz CT molecular complexity index is 724. The summed E-state index contributed by atoms with van der Waals surface area (Å²) in [6.07, 6.45) is 0. The summed E-state index contributed by atoms with van der Waals surface area (Å²) in [5.74, 6) is 1.81. The van der Waals surface area contributed by atoms with Crippen molar-refractivity contribution in [2.75, 3.05) is 18.9 Å². The van der Waals surface area contributed by atoms with Gasteiger partial charge in [-0.3, -0.25) is 4.79 Å². The number of carbonyl (C=O) groups excluding carboxylic acids is 1. The third-order valence-corrected chi connectivity index (χ3v) is 4.02. The number of fused-ring (bicyclic) bond motifs is 2. The maximum atomic E-state index is 12.0. The molecule has 1 amide bonds. The van der Waals surface area contributed by atoms with Crippen LogP contribution in [0.5, 0.6) is 11.5 Å². The average Bonchev–Trinajstić information content (AvgIpc) is 2.49. The number of nitrogens with one attached hydrogen (secondary N) is 2. The van der Waals surface area contributed by atoms with Gasteiger partial charge in [-0.2, -0.15) is 0 Å². The molecule has 100 valence electrons. The van der Waals surface area contributed by atoms with Gasteiger partial charge in [-0.25, -0.2) is 0 Å². The fraction of sp³-hybridized carbons (Fsp3) is 0.188. The minimum Gasteiger partial charge on any atom is -0.457 e. The van der Waals surface area contributed by atoms with Crippen LogP contribution in [0.15, 0.2) is 36.4 Å². The number of anilines is 1. The van der Waals surface area contributed by atoms with Gasteiger partial charge in [-0.05, 0) is 30.3 Å². The Morgan fingerprint density at radius 1 is 1.25 bits per heavy atom. The molecule has 20 heavy (non-hydrogen) atoms. The van der Waals surface area contributed by atoms with Gasteiger partial charge in [0, 0.05) is 41.9 Å². The molecule has 1 atom stereocenters. The van der Waals surface area contributed by atoms with Crippen molar-refractivity contribution in [3.05, 3.63) is 53.1 Å². The molecule has 0 saturated heterocycles. The van der Waals surface area contributed by atoms with Gasteiger partial charge in [0.15, 0.2) is 0 Å². The summed E-state index contributed by atoms with van der Waals surface area (Å²) in [6.45, 7) is 0.617. The number of hydrogen-bond donors (Lipinski definition) is 2. The molecule has 0 radical (unpaired) electrons. The highest BCUT2D eigenvalue weighted by Crippen LogP contribution is 2.47. The zero-order chi connectivity index (χ0) is 13.7. The molecule has 0 aliphatic carbocycles. The Hall–Kier alpha value is -2.49. The van der Waals surface area contributed by atoms with Crippen molar-refractivity contribution in [3.8, 4) is 11.5 Å². The van der Waals surface area contributed by atoms with E-state index in [2.05, 4.69) is 16.7 Å². The third-order valence-electron chi connectivity index (χ3n) is 4.02. The topological polar surface area (TPSA) is 50.4 Å². The molecule has 2 heterocycles. The first-order chi connectivity index (χ1) is 9.78. The normalized spacial score (nSPS) is 18.4. The molecule has 0 saturated carbocycles.